The Balaban J connectivity index is 1.40. The number of ether oxygens (including phenoxy) is 2. The number of hydrogen-bond donors (Lipinski definition) is 1. The molecule has 2 heterocycles. The Morgan fingerprint density at radius 1 is 0.857 bits per heavy atom. The standard InChI is InChI=1S/C26H22FN5O3/c1-33-21-12-7-16(15-22(21)34-2)13-14-28-23-19-5-3-4-6-20(19)29-24(30-23)26-32-31-25(35-26)17-8-10-18(27)11-9-17/h3-12,15H,13-14H2,1-2H3,(H,28,29,30). The number of benzene rings is 3. The lowest BCUT2D eigenvalue weighted by atomic mass is 10.1. The monoisotopic (exact) mass is 471 g/mol. The fourth-order valence-corrected chi connectivity index (χ4v) is 3.69. The number of rotatable bonds is 8. The fourth-order valence-electron chi connectivity index (χ4n) is 3.69. The molecule has 1 N–H and O–H groups in total. The molecule has 0 saturated carbocycles. The first-order valence-electron chi connectivity index (χ1n) is 11.0. The largest absolute Gasteiger partial charge is 0.493 e. The van der Waals surface area contributed by atoms with Crippen molar-refractivity contribution in [3.05, 3.63) is 78.1 Å². The van der Waals surface area contributed by atoms with E-state index < -0.39 is 0 Å². The molecule has 2 aromatic heterocycles. The molecule has 0 spiro atoms. The molecule has 0 saturated heterocycles. The van der Waals surface area contributed by atoms with Gasteiger partial charge in [0.15, 0.2) is 11.5 Å². The van der Waals surface area contributed by atoms with E-state index >= 15 is 0 Å². The summed E-state index contributed by atoms with van der Waals surface area (Å²) in [6.45, 7) is 0.626. The molecule has 0 bridgehead atoms. The minimum absolute atomic E-state index is 0.179. The van der Waals surface area contributed by atoms with Crippen molar-refractivity contribution in [3.8, 4) is 34.7 Å². The van der Waals surface area contributed by atoms with Crippen LogP contribution >= 0.6 is 0 Å². The molecule has 5 rings (SSSR count). The molecule has 3 aromatic carbocycles. The second-order valence-corrected chi connectivity index (χ2v) is 7.70. The summed E-state index contributed by atoms with van der Waals surface area (Å²) < 4.78 is 29.7. The van der Waals surface area contributed by atoms with Crippen LogP contribution in [-0.4, -0.2) is 40.9 Å². The minimum Gasteiger partial charge on any atom is -0.493 e. The van der Waals surface area contributed by atoms with Gasteiger partial charge in [-0.15, -0.1) is 10.2 Å². The van der Waals surface area contributed by atoms with Crippen molar-refractivity contribution in [3.63, 3.8) is 0 Å². The molecule has 0 aliphatic carbocycles. The van der Waals surface area contributed by atoms with E-state index in [0.29, 0.717) is 35.2 Å². The predicted molar refractivity (Wildman–Crippen MR) is 130 cm³/mol. The highest BCUT2D eigenvalue weighted by molar-refractivity contribution is 5.90. The third kappa shape index (κ3) is 4.74. The third-order valence-electron chi connectivity index (χ3n) is 5.46. The van der Waals surface area contributed by atoms with E-state index in [9.17, 15) is 4.39 Å². The molecule has 9 heteroatoms. The summed E-state index contributed by atoms with van der Waals surface area (Å²) in [5.74, 6) is 2.45. The van der Waals surface area contributed by atoms with E-state index in [4.69, 9.17) is 13.9 Å². The molecule has 0 atom stereocenters. The van der Waals surface area contributed by atoms with Crippen LogP contribution in [0.1, 0.15) is 5.56 Å². The maximum atomic E-state index is 13.2. The van der Waals surface area contributed by atoms with Crippen molar-refractivity contribution in [1.29, 1.82) is 0 Å². The highest BCUT2D eigenvalue weighted by Gasteiger charge is 2.16. The third-order valence-corrected chi connectivity index (χ3v) is 5.46. The Hall–Kier alpha value is -4.53. The van der Waals surface area contributed by atoms with Crippen molar-refractivity contribution in [2.45, 2.75) is 6.42 Å². The average Bonchev–Trinajstić information content (AvgIpc) is 3.39. The van der Waals surface area contributed by atoms with Gasteiger partial charge in [-0.2, -0.15) is 0 Å². The minimum atomic E-state index is -0.338. The molecule has 8 nitrogen and oxygen atoms in total. The average molecular weight is 471 g/mol. The van der Waals surface area contributed by atoms with Crippen LogP contribution < -0.4 is 14.8 Å². The van der Waals surface area contributed by atoms with Crippen LogP contribution in [0.5, 0.6) is 11.5 Å². The highest BCUT2D eigenvalue weighted by atomic mass is 19.1. The van der Waals surface area contributed by atoms with Crippen LogP contribution in [-0.2, 0) is 6.42 Å². The Bertz CT molecular complexity index is 1470. The van der Waals surface area contributed by atoms with Crippen LogP contribution in [0.2, 0.25) is 0 Å². The van der Waals surface area contributed by atoms with E-state index in [1.165, 1.54) is 12.1 Å². The van der Waals surface area contributed by atoms with Crippen molar-refractivity contribution < 1.29 is 18.3 Å². The Morgan fingerprint density at radius 3 is 2.43 bits per heavy atom. The van der Waals surface area contributed by atoms with Crippen molar-refractivity contribution >= 4 is 16.7 Å². The topological polar surface area (TPSA) is 95.2 Å². The van der Waals surface area contributed by atoms with Crippen molar-refractivity contribution in [2.75, 3.05) is 26.1 Å². The number of halogens is 1. The number of fused-ring (bicyclic) bond motifs is 1. The van der Waals surface area contributed by atoms with Crippen LogP contribution in [0.15, 0.2) is 71.1 Å². The van der Waals surface area contributed by atoms with Gasteiger partial charge >= 0.3 is 0 Å². The van der Waals surface area contributed by atoms with Gasteiger partial charge < -0.3 is 19.2 Å². The smallest absolute Gasteiger partial charge is 0.286 e. The summed E-state index contributed by atoms with van der Waals surface area (Å²) in [6, 6.07) is 19.4. The molecule has 176 valence electrons. The fraction of sp³-hybridized carbons (Fsp3) is 0.154. The predicted octanol–water partition coefficient (Wildman–Crippen LogP) is 5.16. The summed E-state index contributed by atoms with van der Waals surface area (Å²) in [6.07, 6.45) is 0.739. The molecule has 0 unspecified atom stereocenters. The molecule has 35 heavy (non-hydrogen) atoms. The zero-order chi connectivity index (χ0) is 24.2. The first-order valence-corrected chi connectivity index (χ1v) is 11.0. The van der Waals surface area contributed by atoms with Gasteiger partial charge in [0.2, 0.25) is 11.7 Å². The van der Waals surface area contributed by atoms with Gasteiger partial charge in [0, 0.05) is 17.5 Å². The second kappa shape index (κ2) is 9.76. The van der Waals surface area contributed by atoms with Gasteiger partial charge in [-0.05, 0) is 60.5 Å². The number of nitrogens with one attached hydrogen (secondary N) is 1. The number of methoxy groups -OCH3 is 2. The summed E-state index contributed by atoms with van der Waals surface area (Å²) in [4.78, 5) is 9.26. The zero-order valence-electron chi connectivity index (χ0n) is 19.2. The van der Waals surface area contributed by atoms with Gasteiger partial charge in [-0.25, -0.2) is 14.4 Å². The second-order valence-electron chi connectivity index (χ2n) is 7.70. The van der Waals surface area contributed by atoms with E-state index in [1.54, 1.807) is 26.4 Å². The Labute approximate surface area is 200 Å². The summed E-state index contributed by atoms with van der Waals surface area (Å²) in [7, 11) is 3.23. The lowest BCUT2D eigenvalue weighted by Gasteiger charge is -2.11. The van der Waals surface area contributed by atoms with E-state index in [1.807, 2.05) is 42.5 Å². The van der Waals surface area contributed by atoms with Crippen molar-refractivity contribution in [2.24, 2.45) is 0 Å². The lowest BCUT2D eigenvalue weighted by Crippen LogP contribution is -2.08. The number of aromatic nitrogens is 4. The van der Waals surface area contributed by atoms with Crippen LogP contribution in [0.25, 0.3) is 34.1 Å². The van der Waals surface area contributed by atoms with Crippen LogP contribution in [0.4, 0.5) is 10.2 Å². The molecule has 5 aromatic rings. The highest BCUT2D eigenvalue weighted by Crippen LogP contribution is 2.29. The maximum absolute atomic E-state index is 13.2. The maximum Gasteiger partial charge on any atom is 0.286 e. The number of para-hydroxylation sites is 1. The van der Waals surface area contributed by atoms with E-state index in [-0.39, 0.29) is 17.6 Å². The lowest BCUT2D eigenvalue weighted by molar-refractivity contribution is 0.354. The Kier molecular flexibility index (Phi) is 6.21. The molecule has 0 aliphatic rings. The zero-order valence-corrected chi connectivity index (χ0v) is 19.2. The summed E-state index contributed by atoms with van der Waals surface area (Å²) in [5, 5.41) is 12.5. The van der Waals surface area contributed by atoms with Gasteiger partial charge in [-0.1, -0.05) is 18.2 Å². The quantitative estimate of drug-likeness (QED) is 0.332. The molecule has 0 amide bonds. The molecule has 0 aliphatic heterocycles. The number of hydrogen-bond acceptors (Lipinski definition) is 8. The SMILES string of the molecule is COc1ccc(CCNc2nc(-c3nnc(-c4ccc(F)cc4)o3)nc3ccccc23)cc1OC. The Morgan fingerprint density at radius 2 is 1.63 bits per heavy atom. The van der Waals surface area contributed by atoms with Gasteiger partial charge in [0.1, 0.15) is 11.6 Å². The van der Waals surface area contributed by atoms with Gasteiger partial charge in [-0.3, -0.25) is 0 Å². The van der Waals surface area contributed by atoms with E-state index in [0.717, 1.165) is 22.9 Å². The van der Waals surface area contributed by atoms with Gasteiger partial charge in [0.25, 0.3) is 5.89 Å². The first kappa shape index (κ1) is 22.3. The first-order chi connectivity index (χ1) is 17.1. The number of anilines is 1. The molecule has 0 fully saturated rings. The van der Waals surface area contributed by atoms with Gasteiger partial charge in [0.05, 0.1) is 19.7 Å². The van der Waals surface area contributed by atoms with E-state index in [2.05, 4.69) is 25.5 Å². The summed E-state index contributed by atoms with van der Waals surface area (Å²) in [5.41, 5.74) is 2.45. The molecular weight excluding hydrogens is 449 g/mol. The van der Waals surface area contributed by atoms with Crippen molar-refractivity contribution in [1.82, 2.24) is 20.2 Å². The number of nitrogens with zero attached hydrogens (tertiary/aromatic N) is 4. The normalized spacial score (nSPS) is 10.9. The summed E-state index contributed by atoms with van der Waals surface area (Å²) >= 11 is 0. The van der Waals surface area contributed by atoms with Crippen LogP contribution in [0, 0.1) is 5.82 Å². The molecule has 0 radical (unpaired) electrons. The molecular formula is C26H22FN5O3. The van der Waals surface area contributed by atoms with Crippen LogP contribution in [0.3, 0.4) is 0 Å².